The van der Waals surface area contributed by atoms with Crippen molar-refractivity contribution in [1.82, 2.24) is 20.0 Å². The zero-order valence-corrected chi connectivity index (χ0v) is 13.2. The average Bonchev–Trinajstić information content (AvgIpc) is 3.27. The van der Waals surface area contributed by atoms with E-state index < -0.39 is 0 Å². The molecular weight excluding hydrogens is 302 g/mol. The summed E-state index contributed by atoms with van der Waals surface area (Å²) < 4.78 is 5.51. The maximum atomic E-state index is 6.27. The topological polar surface area (TPSA) is 58.3 Å². The monoisotopic (exact) mass is 319 g/mol. The van der Waals surface area contributed by atoms with Crippen LogP contribution in [0.3, 0.4) is 0 Å². The van der Waals surface area contributed by atoms with Gasteiger partial charge in [0.2, 0.25) is 5.89 Å². The molecule has 2 fully saturated rings. The maximum absolute atomic E-state index is 6.27. The number of rotatable bonds is 3. The molecule has 22 heavy (non-hydrogen) atoms. The number of pyridine rings is 1. The first-order valence-electron chi connectivity index (χ1n) is 7.61. The van der Waals surface area contributed by atoms with Crippen LogP contribution in [0.4, 0.5) is 5.82 Å². The lowest BCUT2D eigenvalue weighted by Gasteiger charge is -2.38. The molecule has 6 nitrogen and oxygen atoms in total. The lowest BCUT2D eigenvalue weighted by Crippen LogP contribution is -2.47. The second-order valence-corrected chi connectivity index (χ2v) is 6.42. The highest BCUT2D eigenvalue weighted by molar-refractivity contribution is 6.32. The van der Waals surface area contributed by atoms with Crippen LogP contribution in [0, 0.1) is 0 Å². The fourth-order valence-corrected chi connectivity index (χ4v) is 3.07. The smallest absolute Gasteiger partial charge is 0.245 e. The van der Waals surface area contributed by atoms with E-state index in [1.54, 1.807) is 6.20 Å². The van der Waals surface area contributed by atoms with Gasteiger partial charge in [0.15, 0.2) is 5.82 Å². The van der Waals surface area contributed by atoms with Crippen molar-refractivity contribution in [3.63, 3.8) is 0 Å². The number of nitrogens with zero attached hydrogens (tertiary/aromatic N) is 5. The summed E-state index contributed by atoms with van der Waals surface area (Å²) in [4.78, 5) is 13.4. The van der Waals surface area contributed by atoms with E-state index in [4.69, 9.17) is 16.1 Å². The van der Waals surface area contributed by atoms with Gasteiger partial charge < -0.3 is 9.42 Å². The third-order valence-electron chi connectivity index (χ3n) is 4.37. The van der Waals surface area contributed by atoms with Crippen molar-refractivity contribution in [3.05, 3.63) is 35.1 Å². The van der Waals surface area contributed by atoms with Crippen LogP contribution in [0.5, 0.6) is 0 Å². The minimum absolute atomic E-state index is 0.0758. The molecule has 1 saturated carbocycles. The Morgan fingerprint density at radius 1 is 1.32 bits per heavy atom. The molecule has 1 atom stereocenters. The first kappa shape index (κ1) is 14.0. The summed E-state index contributed by atoms with van der Waals surface area (Å²) in [5.74, 6) is 2.88. The molecule has 2 aromatic heterocycles. The number of likely N-dealkylation sites (N-methyl/N-ethyl adjacent to an activating group) is 1. The molecule has 4 rings (SSSR count). The predicted molar refractivity (Wildman–Crippen MR) is 83.1 cm³/mol. The van der Waals surface area contributed by atoms with Crippen molar-refractivity contribution in [1.29, 1.82) is 0 Å². The van der Waals surface area contributed by atoms with Crippen LogP contribution in [0.1, 0.15) is 36.5 Å². The fourth-order valence-electron chi connectivity index (χ4n) is 2.83. The first-order valence-corrected chi connectivity index (χ1v) is 7.99. The Morgan fingerprint density at radius 3 is 2.95 bits per heavy atom. The highest BCUT2D eigenvalue weighted by atomic mass is 35.5. The lowest BCUT2D eigenvalue weighted by molar-refractivity contribution is 0.177. The van der Waals surface area contributed by atoms with E-state index in [0.717, 1.165) is 31.3 Å². The Bertz CT molecular complexity index is 671. The Balaban J connectivity index is 1.57. The molecule has 1 saturated heterocycles. The molecule has 7 heteroatoms. The molecule has 0 radical (unpaired) electrons. The summed E-state index contributed by atoms with van der Waals surface area (Å²) >= 11 is 6.27. The normalized spacial score (nSPS) is 23.0. The van der Waals surface area contributed by atoms with Crippen molar-refractivity contribution in [2.45, 2.75) is 24.8 Å². The van der Waals surface area contributed by atoms with Gasteiger partial charge in [-0.15, -0.1) is 0 Å². The predicted octanol–water partition coefficient (Wildman–Crippen LogP) is 2.49. The molecule has 3 heterocycles. The van der Waals surface area contributed by atoms with Gasteiger partial charge in [-0.1, -0.05) is 16.8 Å². The second-order valence-electron chi connectivity index (χ2n) is 6.02. The number of anilines is 1. The van der Waals surface area contributed by atoms with Gasteiger partial charge in [0.05, 0.1) is 5.02 Å². The standard InChI is InChI=1S/C15H18ClN5O/c1-20-7-8-21(14-11(16)3-2-6-17-14)9-12(20)15-18-13(19-22-15)10-4-5-10/h2-3,6,10,12H,4-5,7-9H2,1H3/t12-/m1/s1. The maximum Gasteiger partial charge on any atom is 0.245 e. The van der Waals surface area contributed by atoms with E-state index in [0.29, 0.717) is 16.8 Å². The molecule has 2 aliphatic rings. The molecule has 2 aromatic rings. The second kappa shape index (κ2) is 5.52. The highest BCUT2D eigenvalue weighted by Gasteiger charge is 2.34. The van der Waals surface area contributed by atoms with Crippen LogP contribution in [0.15, 0.2) is 22.9 Å². The van der Waals surface area contributed by atoms with Crippen molar-refractivity contribution in [2.75, 3.05) is 31.6 Å². The molecule has 116 valence electrons. The number of hydrogen-bond acceptors (Lipinski definition) is 6. The molecule has 0 N–H and O–H groups in total. The highest BCUT2D eigenvalue weighted by Crippen LogP contribution is 2.39. The average molecular weight is 320 g/mol. The third-order valence-corrected chi connectivity index (χ3v) is 4.67. The van der Waals surface area contributed by atoms with Gasteiger partial charge in [0.1, 0.15) is 11.9 Å². The number of aromatic nitrogens is 3. The van der Waals surface area contributed by atoms with Gasteiger partial charge in [-0.25, -0.2) is 4.98 Å². The lowest BCUT2D eigenvalue weighted by atomic mass is 10.1. The van der Waals surface area contributed by atoms with Crippen LogP contribution in [0.2, 0.25) is 5.02 Å². The molecule has 1 aliphatic carbocycles. The van der Waals surface area contributed by atoms with Crippen molar-refractivity contribution < 1.29 is 4.52 Å². The van der Waals surface area contributed by atoms with E-state index in [1.165, 1.54) is 12.8 Å². The van der Waals surface area contributed by atoms with Gasteiger partial charge in [0, 0.05) is 31.7 Å². The fraction of sp³-hybridized carbons (Fsp3) is 0.533. The molecule has 0 spiro atoms. The Morgan fingerprint density at radius 2 is 2.18 bits per heavy atom. The van der Waals surface area contributed by atoms with Crippen molar-refractivity contribution >= 4 is 17.4 Å². The summed E-state index contributed by atoms with van der Waals surface area (Å²) in [5, 5.41) is 4.81. The van der Waals surface area contributed by atoms with Gasteiger partial charge in [-0.3, -0.25) is 4.90 Å². The summed E-state index contributed by atoms with van der Waals surface area (Å²) in [6.07, 6.45) is 4.12. The minimum atomic E-state index is 0.0758. The van der Waals surface area contributed by atoms with E-state index >= 15 is 0 Å². The number of piperazine rings is 1. The molecule has 1 aliphatic heterocycles. The molecule has 0 amide bonds. The van der Waals surface area contributed by atoms with E-state index in [1.807, 2.05) is 12.1 Å². The SMILES string of the molecule is CN1CCN(c2ncccc2Cl)C[C@@H]1c1nc(C2CC2)no1. The van der Waals surface area contributed by atoms with Gasteiger partial charge in [-0.05, 0) is 32.0 Å². The van der Waals surface area contributed by atoms with Crippen LogP contribution in [0.25, 0.3) is 0 Å². The van der Waals surface area contributed by atoms with E-state index in [2.05, 4.69) is 32.0 Å². The van der Waals surface area contributed by atoms with Gasteiger partial charge in [-0.2, -0.15) is 4.98 Å². The van der Waals surface area contributed by atoms with Crippen LogP contribution in [-0.2, 0) is 0 Å². The molecule has 0 aromatic carbocycles. The summed E-state index contributed by atoms with van der Waals surface area (Å²) in [5.41, 5.74) is 0. The van der Waals surface area contributed by atoms with Crippen LogP contribution >= 0.6 is 11.6 Å². The largest absolute Gasteiger partial charge is 0.352 e. The zero-order chi connectivity index (χ0) is 15.1. The van der Waals surface area contributed by atoms with E-state index in [9.17, 15) is 0 Å². The number of hydrogen-bond donors (Lipinski definition) is 0. The summed E-state index contributed by atoms with van der Waals surface area (Å²) in [6, 6.07) is 3.79. The molecular formula is C15H18ClN5O. The van der Waals surface area contributed by atoms with Crippen molar-refractivity contribution in [3.8, 4) is 0 Å². The Hall–Kier alpha value is -1.66. The van der Waals surface area contributed by atoms with Gasteiger partial charge in [0.25, 0.3) is 0 Å². The Labute approximate surface area is 134 Å². The van der Waals surface area contributed by atoms with Crippen LogP contribution < -0.4 is 4.90 Å². The third kappa shape index (κ3) is 2.57. The van der Waals surface area contributed by atoms with Crippen LogP contribution in [-0.4, -0.2) is 46.7 Å². The minimum Gasteiger partial charge on any atom is -0.352 e. The molecule has 0 unspecified atom stereocenters. The number of halogens is 1. The summed E-state index contributed by atoms with van der Waals surface area (Å²) in [6.45, 7) is 2.53. The summed E-state index contributed by atoms with van der Waals surface area (Å²) in [7, 11) is 2.09. The molecule has 0 bridgehead atoms. The Kier molecular flexibility index (Phi) is 3.50. The first-order chi connectivity index (χ1) is 10.7. The zero-order valence-electron chi connectivity index (χ0n) is 12.4. The van der Waals surface area contributed by atoms with Crippen molar-refractivity contribution in [2.24, 2.45) is 0 Å². The quantitative estimate of drug-likeness (QED) is 0.866. The van der Waals surface area contributed by atoms with Gasteiger partial charge >= 0.3 is 0 Å². The van der Waals surface area contributed by atoms with E-state index in [-0.39, 0.29) is 6.04 Å².